The molecular weight excluding hydrogens is 264 g/mol. The van der Waals surface area contributed by atoms with Gasteiger partial charge in [-0.25, -0.2) is 0 Å². The van der Waals surface area contributed by atoms with E-state index >= 15 is 0 Å². The molecule has 0 aliphatic carbocycles. The Hall–Kier alpha value is -1.56. The largest absolute Gasteiger partial charge is 0.0683 e. The Bertz CT molecular complexity index is 369. The first-order chi connectivity index (χ1) is 10.6. The lowest BCUT2D eigenvalue weighted by Gasteiger charge is -2.01. The molecule has 0 radical (unpaired) electrons. The highest BCUT2D eigenvalue weighted by Gasteiger charge is 1.94. The Morgan fingerprint density at radius 1 is 0.455 bits per heavy atom. The van der Waals surface area contributed by atoms with Crippen molar-refractivity contribution in [2.45, 2.75) is 67.2 Å². The average Bonchev–Trinajstić information content (AvgIpc) is 2.60. The third-order valence-electron chi connectivity index (χ3n) is 2.93. The van der Waals surface area contributed by atoms with E-state index in [0.717, 1.165) is 0 Å². The fourth-order valence-electron chi connectivity index (χ4n) is 1.68. The summed E-state index contributed by atoms with van der Waals surface area (Å²) < 4.78 is 0. The summed E-state index contributed by atoms with van der Waals surface area (Å²) in [6.45, 7) is 16.8. The van der Waals surface area contributed by atoms with Gasteiger partial charge in [-0.15, -0.1) is 0 Å². The van der Waals surface area contributed by atoms with Crippen molar-refractivity contribution >= 4 is 0 Å². The van der Waals surface area contributed by atoms with Crippen LogP contribution in [0.15, 0.2) is 60.7 Å². The van der Waals surface area contributed by atoms with Crippen LogP contribution >= 0.6 is 0 Å². The second kappa shape index (κ2) is 15.8. The number of hydrogen-bond acceptors (Lipinski definition) is 0. The summed E-state index contributed by atoms with van der Waals surface area (Å²) in [4.78, 5) is 0. The minimum absolute atomic E-state index is 0.659. The molecule has 0 unspecified atom stereocenters. The maximum atomic E-state index is 2.20. The van der Waals surface area contributed by atoms with E-state index in [9.17, 15) is 0 Å². The topological polar surface area (TPSA) is 0 Å². The molecule has 0 fully saturated rings. The summed E-state index contributed by atoms with van der Waals surface area (Å²) in [5.41, 5.74) is 2.83. The van der Waals surface area contributed by atoms with Gasteiger partial charge in [0.05, 0.1) is 0 Å². The summed E-state index contributed by atoms with van der Waals surface area (Å²) in [6, 6.07) is 21.0. The van der Waals surface area contributed by atoms with Crippen molar-refractivity contribution in [2.75, 3.05) is 0 Å². The van der Waals surface area contributed by atoms with Gasteiger partial charge >= 0.3 is 0 Å². The predicted octanol–water partition coefficient (Wildman–Crippen LogP) is 7.67. The number of rotatable bonds is 2. The van der Waals surface area contributed by atoms with Crippen LogP contribution < -0.4 is 0 Å². The standard InChI is InChI=1S/2C9H12.2C2H6/c2*1-8(2)9-6-4-3-5-7-9;2*1-2/h2*3-8H,1-2H3;2*1-2H3. The van der Waals surface area contributed by atoms with E-state index in [1.54, 1.807) is 0 Å². The highest BCUT2D eigenvalue weighted by atomic mass is 14.0. The van der Waals surface area contributed by atoms with Crippen molar-refractivity contribution in [3.05, 3.63) is 71.8 Å². The Morgan fingerprint density at radius 2 is 0.682 bits per heavy atom. The van der Waals surface area contributed by atoms with Crippen LogP contribution in [0.3, 0.4) is 0 Å². The van der Waals surface area contributed by atoms with Crippen LogP contribution in [0.4, 0.5) is 0 Å². The highest BCUT2D eigenvalue weighted by molar-refractivity contribution is 5.18. The van der Waals surface area contributed by atoms with Crippen LogP contribution in [0.5, 0.6) is 0 Å². The maximum absolute atomic E-state index is 2.20. The maximum Gasteiger partial charge on any atom is -0.0219 e. The number of benzene rings is 2. The van der Waals surface area contributed by atoms with Crippen molar-refractivity contribution in [2.24, 2.45) is 0 Å². The van der Waals surface area contributed by atoms with Crippen LogP contribution in [0, 0.1) is 0 Å². The normalized spacial score (nSPS) is 8.82. The van der Waals surface area contributed by atoms with Crippen LogP contribution in [0.1, 0.15) is 78.4 Å². The molecule has 124 valence electrons. The number of hydrogen-bond donors (Lipinski definition) is 0. The van der Waals surface area contributed by atoms with Crippen LogP contribution in [-0.2, 0) is 0 Å². The molecule has 2 aromatic carbocycles. The first-order valence-electron chi connectivity index (χ1n) is 8.71. The summed E-state index contributed by atoms with van der Waals surface area (Å²) in [5.74, 6) is 1.32. The zero-order valence-electron chi connectivity index (χ0n) is 15.9. The molecule has 0 spiro atoms. The van der Waals surface area contributed by atoms with E-state index in [-0.39, 0.29) is 0 Å². The summed E-state index contributed by atoms with van der Waals surface area (Å²) in [7, 11) is 0. The zero-order chi connectivity index (χ0) is 17.4. The van der Waals surface area contributed by atoms with E-state index in [0.29, 0.717) is 11.8 Å². The molecule has 0 aliphatic heterocycles. The van der Waals surface area contributed by atoms with Crippen molar-refractivity contribution in [3.63, 3.8) is 0 Å². The summed E-state index contributed by atoms with van der Waals surface area (Å²) in [6.07, 6.45) is 0. The lowest BCUT2D eigenvalue weighted by Crippen LogP contribution is -1.83. The SMILES string of the molecule is CC.CC.CC(C)c1ccccc1.CC(C)c1ccccc1. The van der Waals surface area contributed by atoms with Gasteiger partial charge in [0.15, 0.2) is 0 Å². The van der Waals surface area contributed by atoms with Crippen molar-refractivity contribution in [1.29, 1.82) is 0 Å². The molecule has 0 N–H and O–H groups in total. The lowest BCUT2D eigenvalue weighted by atomic mass is 10.0. The molecule has 0 aromatic heterocycles. The van der Waals surface area contributed by atoms with Crippen molar-refractivity contribution < 1.29 is 0 Å². The molecule has 0 saturated carbocycles. The summed E-state index contributed by atoms with van der Waals surface area (Å²) >= 11 is 0. The molecule has 0 atom stereocenters. The second-order valence-corrected chi connectivity index (χ2v) is 5.13. The Kier molecular flexibility index (Phi) is 16.3. The molecule has 0 heteroatoms. The monoisotopic (exact) mass is 300 g/mol. The van der Waals surface area contributed by atoms with Gasteiger partial charge in [0.25, 0.3) is 0 Å². The van der Waals surface area contributed by atoms with Gasteiger partial charge < -0.3 is 0 Å². The molecule has 0 heterocycles. The summed E-state index contributed by atoms with van der Waals surface area (Å²) in [5, 5.41) is 0. The van der Waals surface area contributed by atoms with Gasteiger partial charge in [-0.3, -0.25) is 0 Å². The van der Waals surface area contributed by atoms with E-state index in [1.165, 1.54) is 11.1 Å². The molecule has 0 aliphatic rings. The molecule has 0 saturated heterocycles. The second-order valence-electron chi connectivity index (χ2n) is 5.13. The Morgan fingerprint density at radius 3 is 0.818 bits per heavy atom. The smallest absolute Gasteiger partial charge is 0.0219 e. The first-order valence-corrected chi connectivity index (χ1v) is 8.71. The van der Waals surface area contributed by atoms with Gasteiger partial charge in [0.1, 0.15) is 0 Å². The Balaban J connectivity index is 0. The first kappa shape index (κ1) is 22.7. The minimum Gasteiger partial charge on any atom is -0.0683 e. The zero-order valence-corrected chi connectivity index (χ0v) is 15.9. The third-order valence-corrected chi connectivity index (χ3v) is 2.93. The lowest BCUT2D eigenvalue weighted by molar-refractivity contribution is 0.867. The third kappa shape index (κ3) is 11.1. The molecular formula is C22H36. The fraction of sp³-hybridized carbons (Fsp3) is 0.455. The predicted molar refractivity (Wildman–Crippen MR) is 104 cm³/mol. The molecule has 22 heavy (non-hydrogen) atoms. The van der Waals surface area contributed by atoms with Crippen molar-refractivity contribution in [1.82, 2.24) is 0 Å². The van der Waals surface area contributed by atoms with Gasteiger partial charge in [-0.2, -0.15) is 0 Å². The molecule has 2 aromatic rings. The van der Waals surface area contributed by atoms with E-state index in [2.05, 4.69) is 76.2 Å². The van der Waals surface area contributed by atoms with Crippen LogP contribution in [0.2, 0.25) is 0 Å². The quantitative estimate of drug-likeness (QED) is 0.533. The van der Waals surface area contributed by atoms with Crippen LogP contribution in [-0.4, -0.2) is 0 Å². The molecule has 0 bridgehead atoms. The van der Waals surface area contributed by atoms with Gasteiger partial charge in [-0.1, -0.05) is 116 Å². The van der Waals surface area contributed by atoms with Crippen molar-refractivity contribution in [3.8, 4) is 0 Å². The van der Waals surface area contributed by atoms with Gasteiger partial charge in [-0.05, 0) is 23.0 Å². The fourth-order valence-corrected chi connectivity index (χ4v) is 1.68. The highest BCUT2D eigenvalue weighted by Crippen LogP contribution is 2.12. The van der Waals surface area contributed by atoms with E-state index < -0.39 is 0 Å². The van der Waals surface area contributed by atoms with E-state index in [1.807, 2.05) is 39.8 Å². The average molecular weight is 301 g/mol. The van der Waals surface area contributed by atoms with E-state index in [4.69, 9.17) is 0 Å². The minimum atomic E-state index is 0.659. The molecule has 0 nitrogen and oxygen atoms in total. The molecule has 0 amide bonds. The van der Waals surface area contributed by atoms with Crippen LogP contribution in [0.25, 0.3) is 0 Å². The van der Waals surface area contributed by atoms with Gasteiger partial charge in [0, 0.05) is 0 Å². The Labute approximate surface area is 139 Å². The van der Waals surface area contributed by atoms with Gasteiger partial charge in [0.2, 0.25) is 0 Å². The molecule has 2 rings (SSSR count).